The van der Waals surface area contributed by atoms with Gasteiger partial charge in [0.1, 0.15) is 11.5 Å². The lowest BCUT2D eigenvalue weighted by Crippen LogP contribution is -2.29. The van der Waals surface area contributed by atoms with E-state index >= 15 is 0 Å². The van der Waals surface area contributed by atoms with Gasteiger partial charge in [0.2, 0.25) is 0 Å². The van der Waals surface area contributed by atoms with Crippen molar-refractivity contribution >= 4 is 29.1 Å². The first kappa shape index (κ1) is 27.6. The van der Waals surface area contributed by atoms with Gasteiger partial charge >= 0.3 is 5.97 Å². The monoisotopic (exact) mass is 527 g/mol. The maximum atomic E-state index is 13.5. The number of aliphatic hydroxyl groups excluding tert-OH is 1. The molecule has 1 aliphatic rings. The van der Waals surface area contributed by atoms with Crippen LogP contribution in [0, 0.1) is 19.8 Å². The molecule has 0 radical (unpaired) electrons. The van der Waals surface area contributed by atoms with Crippen molar-refractivity contribution in [3.8, 4) is 5.75 Å². The molecule has 202 valence electrons. The van der Waals surface area contributed by atoms with Gasteiger partial charge in [-0.1, -0.05) is 55.8 Å². The van der Waals surface area contributed by atoms with Crippen molar-refractivity contribution in [1.29, 1.82) is 0 Å². The van der Waals surface area contributed by atoms with Gasteiger partial charge in [0.05, 0.1) is 31.8 Å². The summed E-state index contributed by atoms with van der Waals surface area (Å²) in [5.74, 6) is -1.07. The van der Waals surface area contributed by atoms with Crippen LogP contribution < -0.4 is 9.64 Å². The molecule has 7 heteroatoms. The third-order valence-electron chi connectivity index (χ3n) is 6.61. The number of hydrogen-bond donors (Lipinski definition) is 1. The van der Waals surface area contributed by atoms with Gasteiger partial charge in [-0.15, -0.1) is 0 Å². The van der Waals surface area contributed by atoms with Crippen molar-refractivity contribution in [3.63, 3.8) is 0 Å². The highest BCUT2D eigenvalue weighted by molar-refractivity contribution is 6.51. The molecule has 0 spiro atoms. The minimum Gasteiger partial charge on any atom is -0.507 e. The fraction of sp³-hybridized carbons (Fsp3) is 0.281. The maximum Gasteiger partial charge on any atom is 0.309 e. The average Bonchev–Trinajstić information content (AvgIpc) is 3.18. The van der Waals surface area contributed by atoms with Crippen molar-refractivity contribution in [2.24, 2.45) is 5.92 Å². The summed E-state index contributed by atoms with van der Waals surface area (Å²) in [6.07, 6.45) is 0.0904. The normalized spacial score (nSPS) is 16.6. The van der Waals surface area contributed by atoms with Gasteiger partial charge in [0.15, 0.2) is 0 Å². The molecular weight excluding hydrogens is 494 g/mol. The molecule has 3 aromatic carbocycles. The molecule has 1 heterocycles. The largest absolute Gasteiger partial charge is 0.507 e. The second-order valence-corrected chi connectivity index (χ2v) is 10.2. The number of amides is 1. The smallest absolute Gasteiger partial charge is 0.309 e. The number of aliphatic hydroxyl groups is 1. The number of ketones is 1. The molecule has 1 N–H and O–H groups in total. The van der Waals surface area contributed by atoms with Crippen LogP contribution in [-0.4, -0.2) is 36.5 Å². The van der Waals surface area contributed by atoms with Crippen LogP contribution in [-0.2, 0) is 25.5 Å². The number of esters is 1. The second-order valence-electron chi connectivity index (χ2n) is 10.2. The summed E-state index contributed by atoms with van der Waals surface area (Å²) < 4.78 is 10.6. The van der Waals surface area contributed by atoms with Crippen molar-refractivity contribution < 1.29 is 29.0 Å². The molecule has 39 heavy (non-hydrogen) atoms. The number of hydrogen-bond acceptors (Lipinski definition) is 6. The quantitative estimate of drug-likeness (QED) is 0.175. The Labute approximate surface area is 228 Å². The standard InChI is InChI=1S/C32H33NO6/c1-19(2)18-39-26-14-11-24(16-21(26)4)30(35)28-29(23-8-6-7-20(3)15-23)33(32(37)31(28)36)25-12-9-22(10-13-25)17-27(34)38-5/h6-16,19,29,35H,17-18H2,1-5H3/b30-28-. The Morgan fingerprint density at radius 2 is 1.72 bits per heavy atom. The topological polar surface area (TPSA) is 93.1 Å². The molecule has 1 unspecified atom stereocenters. The average molecular weight is 528 g/mol. The molecule has 1 atom stereocenters. The van der Waals surface area contributed by atoms with Crippen LogP contribution >= 0.6 is 0 Å². The Morgan fingerprint density at radius 1 is 1.00 bits per heavy atom. The van der Waals surface area contributed by atoms with Gasteiger partial charge in [-0.05, 0) is 66.8 Å². The van der Waals surface area contributed by atoms with E-state index < -0.39 is 17.7 Å². The number of Topliss-reactive ketones (excluding diaryl/α,β-unsaturated/α-hetero) is 1. The van der Waals surface area contributed by atoms with E-state index in [1.165, 1.54) is 12.0 Å². The third kappa shape index (κ3) is 5.87. The number of methoxy groups -OCH3 is 1. The maximum absolute atomic E-state index is 13.5. The minimum atomic E-state index is -0.839. The van der Waals surface area contributed by atoms with Gasteiger partial charge in [0.25, 0.3) is 11.7 Å². The molecule has 0 aliphatic carbocycles. The highest BCUT2D eigenvalue weighted by atomic mass is 16.5. The van der Waals surface area contributed by atoms with Crippen LogP contribution in [0.3, 0.4) is 0 Å². The first-order chi connectivity index (χ1) is 18.6. The van der Waals surface area contributed by atoms with Crippen molar-refractivity contribution in [2.75, 3.05) is 18.6 Å². The first-order valence-corrected chi connectivity index (χ1v) is 12.9. The van der Waals surface area contributed by atoms with E-state index in [9.17, 15) is 19.5 Å². The van der Waals surface area contributed by atoms with Gasteiger partial charge in [0, 0.05) is 11.3 Å². The van der Waals surface area contributed by atoms with E-state index in [0.29, 0.717) is 40.7 Å². The van der Waals surface area contributed by atoms with E-state index in [4.69, 9.17) is 9.47 Å². The van der Waals surface area contributed by atoms with Crippen LogP contribution in [0.25, 0.3) is 5.76 Å². The predicted octanol–water partition coefficient (Wildman–Crippen LogP) is 5.68. The summed E-state index contributed by atoms with van der Waals surface area (Å²) in [5.41, 5.74) is 4.08. The lowest BCUT2D eigenvalue weighted by Gasteiger charge is -2.26. The highest BCUT2D eigenvalue weighted by Gasteiger charge is 2.47. The molecule has 1 aliphatic heterocycles. The number of ether oxygens (including phenoxy) is 2. The molecular formula is C32H33NO6. The van der Waals surface area contributed by atoms with Crippen LogP contribution in [0.1, 0.15) is 47.7 Å². The molecule has 1 amide bonds. The van der Waals surface area contributed by atoms with Crippen LogP contribution in [0.4, 0.5) is 5.69 Å². The third-order valence-corrected chi connectivity index (χ3v) is 6.61. The Morgan fingerprint density at radius 3 is 2.33 bits per heavy atom. The zero-order valence-corrected chi connectivity index (χ0v) is 22.9. The number of carbonyl (C=O) groups excluding carboxylic acids is 3. The molecule has 0 bridgehead atoms. The zero-order valence-electron chi connectivity index (χ0n) is 22.9. The van der Waals surface area contributed by atoms with E-state index in [-0.39, 0.29) is 23.7 Å². The highest BCUT2D eigenvalue weighted by Crippen LogP contribution is 2.42. The zero-order chi connectivity index (χ0) is 28.3. The summed E-state index contributed by atoms with van der Waals surface area (Å²) >= 11 is 0. The first-order valence-electron chi connectivity index (χ1n) is 12.9. The number of nitrogens with zero attached hydrogens (tertiary/aromatic N) is 1. The fourth-order valence-corrected chi connectivity index (χ4v) is 4.64. The Balaban J connectivity index is 1.80. The lowest BCUT2D eigenvalue weighted by atomic mass is 9.93. The second kappa shape index (κ2) is 11.6. The lowest BCUT2D eigenvalue weighted by molar-refractivity contribution is -0.139. The van der Waals surface area contributed by atoms with Gasteiger partial charge < -0.3 is 14.6 Å². The molecule has 7 nitrogen and oxygen atoms in total. The Kier molecular flexibility index (Phi) is 8.19. The Hall–Kier alpha value is -4.39. The number of aryl methyl sites for hydroxylation is 2. The Bertz CT molecular complexity index is 1440. The molecule has 1 fully saturated rings. The fourth-order valence-electron chi connectivity index (χ4n) is 4.64. The number of anilines is 1. The van der Waals surface area contributed by atoms with E-state index in [1.807, 2.05) is 38.1 Å². The summed E-state index contributed by atoms with van der Waals surface area (Å²) in [4.78, 5) is 40.0. The van der Waals surface area contributed by atoms with Gasteiger partial charge in [-0.25, -0.2) is 0 Å². The van der Waals surface area contributed by atoms with Crippen molar-refractivity contribution in [1.82, 2.24) is 0 Å². The molecule has 1 saturated heterocycles. The summed E-state index contributed by atoms with van der Waals surface area (Å²) in [6, 6.07) is 18.7. The molecule has 0 aromatic heterocycles. The van der Waals surface area contributed by atoms with Gasteiger partial charge in [-0.3, -0.25) is 19.3 Å². The van der Waals surface area contributed by atoms with Crippen molar-refractivity contribution in [3.05, 3.63) is 100 Å². The molecule has 4 rings (SSSR count). The summed E-state index contributed by atoms with van der Waals surface area (Å²) in [6.45, 7) is 8.48. The summed E-state index contributed by atoms with van der Waals surface area (Å²) in [5, 5.41) is 11.5. The minimum absolute atomic E-state index is 0.0134. The van der Waals surface area contributed by atoms with E-state index in [0.717, 1.165) is 11.1 Å². The molecule has 0 saturated carbocycles. The summed E-state index contributed by atoms with van der Waals surface area (Å²) in [7, 11) is 1.33. The van der Waals surface area contributed by atoms with Crippen molar-refractivity contribution in [2.45, 2.75) is 40.2 Å². The van der Waals surface area contributed by atoms with E-state index in [2.05, 4.69) is 13.8 Å². The van der Waals surface area contributed by atoms with Crippen LogP contribution in [0.2, 0.25) is 0 Å². The SMILES string of the molecule is COC(=O)Cc1ccc(N2C(=O)C(=O)/C(=C(\O)c3ccc(OCC(C)C)c(C)c3)C2c2cccc(C)c2)cc1. The number of carbonyl (C=O) groups is 3. The number of benzene rings is 3. The van der Waals surface area contributed by atoms with E-state index in [1.54, 1.807) is 42.5 Å². The number of rotatable bonds is 8. The van der Waals surface area contributed by atoms with Crippen LogP contribution in [0.15, 0.2) is 72.3 Å². The van der Waals surface area contributed by atoms with Gasteiger partial charge in [-0.2, -0.15) is 0 Å². The molecule has 3 aromatic rings. The van der Waals surface area contributed by atoms with Crippen LogP contribution in [0.5, 0.6) is 5.75 Å². The predicted molar refractivity (Wildman–Crippen MR) is 150 cm³/mol.